The Bertz CT molecular complexity index is 1340. The van der Waals surface area contributed by atoms with Crippen LogP contribution in [-0.4, -0.2) is 103 Å². The van der Waals surface area contributed by atoms with Gasteiger partial charge in [0.05, 0.1) is 17.6 Å². The average molecular weight is 659 g/mol. The van der Waals surface area contributed by atoms with E-state index in [9.17, 15) is 24.0 Å². The van der Waals surface area contributed by atoms with Crippen molar-refractivity contribution < 1.29 is 42.9 Å². The van der Waals surface area contributed by atoms with Crippen LogP contribution in [0.2, 0.25) is 0 Å². The minimum atomic E-state index is -1.12. The van der Waals surface area contributed by atoms with Crippen molar-refractivity contribution in [3.63, 3.8) is 0 Å². The van der Waals surface area contributed by atoms with E-state index in [1.54, 1.807) is 47.6 Å². The van der Waals surface area contributed by atoms with E-state index in [1.165, 1.54) is 6.92 Å². The number of carbonyl (C=O) groups is 5. The molecular weight excluding hydrogens is 608 g/mol. The quantitative estimate of drug-likeness (QED) is 0.293. The lowest BCUT2D eigenvalue weighted by Gasteiger charge is -2.42. The highest BCUT2D eigenvalue weighted by Gasteiger charge is 2.42. The van der Waals surface area contributed by atoms with Gasteiger partial charge in [0.1, 0.15) is 5.75 Å². The second-order valence-electron chi connectivity index (χ2n) is 13.2. The number of hydrogen-bond donors (Lipinski definition) is 1. The van der Waals surface area contributed by atoms with Crippen molar-refractivity contribution in [2.75, 3.05) is 44.3 Å². The fourth-order valence-corrected chi connectivity index (χ4v) is 6.34. The summed E-state index contributed by atoms with van der Waals surface area (Å²) in [6, 6.07) is 2.98. The molecule has 0 saturated carbocycles. The normalized spacial score (nSPS) is 20.2. The molecule has 2 saturated heterocycles. The number of ether oxygens (including phenoxy) is 4. The third kappa shape index (κ3) is 8.54. The smallest absolute Gasteiger partial charge is 0.412 e. The summed E-state index contributed by atoms with van der Waals surface area (Å²) in [5, 5.41) is 2.81. The number of carbonyl (C=O) groups excluding carboxylic acids is 5. The molecule has 3 aliphatic heterocycles. The number of esters is 1. The monoisotopic (exact) mass is 658 g/mol. The molecule has 3 heterocycles. The number of rotatable bonds is 10. The zero-order valence-electron chi connectivity index (χ0n) is 28.8. The largest absolute Gasteiger partial charge is 0.476 e. The Hall–Kier alpha value is -3.87. The Balaban J connectivity index is 1.49. The van der Waals surface area contributed by atoms with Crippen LogP contribution in [0.5, 0.6) is 5.75 Å². The van der Waals surface area contributed by atoms with Crippen molar-refractivity contribution >= 4 is 35.5 Å². The summed E-state index contributed by atoms with van der Waals surface area (Å²) in [7, 11) is 0. The van der Waals surface area contributed by atoms with Crippen molar-refractivity contribution in [3.8, 4) is 5.75 Å². The molecule has 0 radical (unpaired) electrons. The number of fused-ring (bicyclic) bond motifs is 1. The van der Waals surface area contributed by atoms with Gasteiger partial charge < -0.3 is 39.0 Å². The number of hydrogen-bond acceptors (Lipinski definition) is 9. The van der Waals surface area contributed by atoms with Crippen LogP contribution in [0.15, 0.2) is 12.1 Å². The topological polar surface area (TPSA) is 144 Å². The van der Waals surface area contributed by atoms with Gasteiger partial charge in [0.2, 0.25) is 12.2 Å². The Kier molecular flexibility index (Phi) is 11.8. The summed E-state index contributed by atoms with van der Waals surface area (Å²) in [5.41, 5.74) is 0.459. The molecule has 1 aromatic rings. The van der Waals surface area contributed by atoms with Crippen LogP contribution in [0, 0.1) is 12.8 Å². The fourth-order valence-electron chi connectivity index (χ4n) is 6.34. The molecule has 0 aliphatic carbocycles. The second kappa shape index (κ2) is 15.4. The van der Waals surface area contributed by atoms with E-state index in [4.69, 9.17) is 18.9 Å². The maximum atomic E-state index is 14.3. The SMILES string of the molecule is CCC(=O)NCCN1C(=O)C(C)(C)Oc2cc(C)c(C(=O)N(C(C)C)[C@@H]3CCCN(C(=O)OC(C)OC(=O)C4CCOCC4)C3)cc21. The van der Waals surface area contributed by atoms with Crippen LogP contribution >= 0.6 is 0 Å². The van der Waals surface area contributed by atoms with Crippen LogP contribution in [0.4, 0.5) is 10.5 Å². The van der Waals surface area contributed by atoms with Crippen molar-refractivity contribution in [2.24, 2.45) is 5.92 Å². The van der Waals surface area contributed by atoms with Gasteiger partial charge in [-0.15, -0.1) is 0 Å². The van der Waals surface area contributed by atoms with E-state index in [0.717, 1.165) is 0 Å². The zero-order valence-corrected chi connectivity index (χ0v) is 28.8. The summed E-state index contributed by atoms with van der Waals surface area (Å²) in [5.74, 6) is -0.800. The van der Waals surface area contributed by atoms with Crippen LogP contribution in [0.25, 0.3) is 0 Å². The zero-order chi connectivity index (χ0) is 34.5. The van der Waals surface area contributed by atoms with Gasteiger partial charge in [0, 0.05) is 64.3 Å². The van der Waals surface area contributed by atoms with E-state index in [1.807, 2.05) is 20.8 Å². The number of amides is 4. The highest BCUT2D eigenvalue weighted by Crippen LogP contribution is 2.40. The van der Waals surface area contributed by atoms with Crippen LogP contribution in [0.3, 0.4) is 0 Å². The summed E-state index contributed by atoms with van der Waals surface area (Å²) in [4.78, 5) is 70.1. The highest BCUT2D eigenvalue weighted by molar-refractivity contribution is 6.05. The van der Waals surface area contributed by atoms with Gasteiger partial charge >= 0.3 is 12.1 Å². The molecule has 13 heteroatoms. The molecule has 0 aromatic heterocycles. The van der Waals surface area contributed by atoms with Crippen LogP contribution in [-0.2, 0) is 28.6 Å². The Labute approximate surface area is 277 Å². The van der Waals surface area contributed by atoms with Crippen LogP contribution < -0.4 is 15.0 Å². The standard InChI is InChI=1S/C34H50N4O9/c1-8-29(39)35-13-15-37-27-19-26(22(4)18-28(27)47-34(6,7)32(37)42)30(40)38(21(2)3)25-10-9-14-36(20-25)33(43)46-23(5)45-31(41)24-11-16-44-17-12-24/h18-19,21,23-25H,8-17,20H2,1-7H3,(H,35,39)/t23?,25-/m1/s1. The molecule has 13 nitrogen and oxygen atoms in total. The number of aryl methyl sites for hydroxylation is 1. The molecule has 0 spiro atoms. The number of benzene rings is 1. The average Bonchev–Trinajstić information content (AvgIpc) is 3.02. The molecule has 2 fully saturated rings. The lowest BCUT2D eigenvalue weighted by atomic mass is 9.97. The summed E-state index contributed by atoms with van der Waals surface area (Å²) in [6.07, 6.45) is 1.18. The first kappa shape index (κ1) is 36.0. The fraction of sp³-hybridized carbons (Fsp3) is 0.676. The van der Waals surface area contributed by atoms with Gasteiger partial charge in [-0.25, -0.2) is 4.79 Å². The molecule has 3 aliphatic rings. The number of nitrogens with zero attached hydrogens (tertiary/aromatic N) is 3. The van der Waals surface area contributed by atoms with E-state index < -0.39 is 24.0 Å². The van der Waals surface area contributed by atoms with Crippen molar-refractivity contribution in [1.29, 1.82) is 0 Å². The third-order valence-corrected chi connectivity index (χ3v) is 8.87. The van der Waals surface area contributed by atoms with E-state index in [2.05, 4.69) is 5.32 Å². The number of anilines is 1. The molecule has 260 valence electrons. The third-order valence-electron chi connectivity index (χ3n) is 8.87. The van der Waals surface area contributed by atoms with Crippen LogP contribution in [0.1, 0.15) is 89.6 Å². The number of likely N-dealkylation sites (tertiary alicyclic amines) is 1. The summed E-state index contributed by atoms with van der Waals surface area (Å²) < 4.78 is 22.3. The maximum Gasteiger partial charge on any atom is 0.412 e. The van der Waals surface area contributed by atoms with Crippen molar-refractivity contribution in [1.82, 2.24) is 15.1 Å². The molecule has 1 N–H and O–H groups in total. The minimum absolute atomic E-state index is 0.117. The Morgan fingerprint density at radius 1 is 1.09 bits per heavy atom. The second-order valence-corrected chi connectivity index (χ2v) is 13.2. The molecule has 2 atom stereocenters. The maximum absolute atomic E-state index is 14.3. The van der Waals surface area contributed by atoms with E-state index in [0.29, 0.717) is 74.4 Å². The van der Waals surface area contributed by atoms with Gasteiger partial charge in [-0.2, -0.15) is 0 Å². The summed E-state index contributed by atoms with van der Waals surface area (Å²) in [6.45, 7) is 14.5. The molecule has 0 bridgehead atoms. The van der Waals surface area contributed by atoms with Crippen molar-refractivity contribution in [2.45, 2.75) is 105 Å². The Morgan fingerprint density at radius 3 is 2.45 bits per heavy atom. The Morgan fingerprint density at radius 2 is 1.79 bits per heavy atom. The first-order valence-corrected chi connectivity index (χ1v) is 16.7. The van der Waals surface area contributed by atoms with Crippen molar-refractivity contribution in [3.05, 3.63) is 23.3 Å². The first-order valence-electron chi connectivity index (χ1n) is 16.7. The van der Waals surface area contributed by atoms with Gasteiger partial charge in [-0.05, 0) is 78.0 Å². The van der Waals surface area contributed by atoms with Gasteiger partial charge in [0.25, 0.3) is 11.8 Å². The lowest BCUT2D eigenvalue weighted by molar-refractivity contribution is -0.174. The first-order chi connectivity index (χ1) is 22.2. The molecule has 47 heavy (non-hydrogen) atoms. The predicted molar refractivity (Wildman–Crippen MR) is 173 cm³/mol. The molecule has 1 unspecified atom stereocenters. The minimum Gasteiger partial charge on any atom is -0.476 e. The van der Waals surface area contributed by atoms with Gasteiger partial charge in [0.15, 0.2) is 5.60 Å². The molecular formula is C34H50N4O9. The van der Waals surface area contributed by atoms with Gasteiger partial charge in [-0.1, -0.05) is 6.92 Å². The highest BCUT2D eigenvalue weighted by atomic mass is 16.7. The molecule has 4 rings (SSSR count). The van der Waals surface area contributed by atoms with Gasteiger partial charge in [-0.3, -0.25) is 19.2 Å². The molecule has 1 aromatic carbocycles. The molecule has 4 amide bonds. The number of piperidine rings is 1. The lowest BCUT2D eigenvalue weighted by Crippen LogP contribution is -2.55. The number of nitrogens with one attached hydrogen (secondary N) is 1. The predicted octanol–water partition coefficient (Wildman–Crippen LogP) is 3.79. The van der Waals surface area contributed by atoms with E-state index in [-0.39, 0.29) is 55.4 Å². The van der Waals surface area contributed by atoms with E-state index >= 15 is 0 Å². The summed E-state index contributed by atoms with van der Waals surface area (Å²) >= 11 is 0.